The average Bonchev–Trinajstić information content (AvgIpc) is 3.12. The molecule has 0 spiro atoms. The molecule has 2 saturated heterocycles. The number of pyridine rings is 2. The Labute approximate surface area is 168 Å². The van der Waals surface area contributed by atoms with E-state index in [1.807, 2.05) is 11.0 Å². The third-order valence-corrected chi connectivity index (χ3v) is 6.01. The van der Waals surface area contributed by atoms with Gasteiger partial charge in [-0.3, -0.25) is 19.4 Å². The Bertz CT molecular complexity index is 965. The minimum absolute atomic E-state index is 0.0246. The number of amides is 2. The molecule has 2 amide bonds. The highest BCUT2D eigenvalue weighted by Gasteiger charge is 2.37. The zero-order valence-electron chi connectivity index (χ0n) is 16.6. The standard InChI is InChI=1S/C21H26N4O4/c1-29-10-9-25-13-15(11-19(25)26)21(28)24-7-4-14(5-8-24)17-12-18-16(20(27)23-17)3-2-6-22-18/h2-3,6,12,14-15H,4-5,7-11,13H2,1H3,(H,23,27). The van der Waals surface area contributed by atoms with E-state index < -0.39 is 0 Å². The van der Waals surface area contributed by atoms with Crippen molar-refractivity contribution >= 4 is 22.7 Å². The molecule has 154 valence electrons. The van der Waals surface area contributed by atoms with Crippen molar-refractivity contribution in [2.45, 2.75) is 25.2 Å². The van der Waals surface area contributed by atoms with Crippen LogP contribution >= 0.6 is 0 Å². The van der Waals surface area contributed by atoms with Crippen LogP contribution in [-0.4, -0.2) is 71.5 Å². The molecule has 8 heteroatoms. The number of hydrogen-bond donors (Lipinski definition) is 1. The van der Waals surface area contributed by atoms with Gasteiger partial charge in [-0.2, -0.15) is 0 Å². The highest BCUT2D eigenvalue weighted by atomic mass is 16.5. The van der Waals surface area contributed by atoms with E-state index in [0.717, 1.165) is 18.5 Å². The topological polar surface area (TPSA) is 95.6 Å². The molecule has 2 fully saturated rings. The van der Waals surface area contributed by atoms with Gasteiger partial charge in [0, 0.05) is 57.5 Å². The summed E-state index contributed by atoms with van der Waals surface area (Å²) in [6, 6.07) is 5.47. The smallest absolute Gasteiger partial charge is 0.257 e. The van der Waals surface area contributed by atoms with Crippen molar-refractivity contribution in [1.29, 1.82) is 0 Å². The summed E-state index contributed by atoms with van der Waals surface area (Å²) in [5.41, 5.74) is 1.46. The second kappa shape index (κ2) is 8.32. The first kappa shape index (κ1) is 19.6. The summed E-state index contributed by atoms with van der Waals surface area (Å²) < 4.78 is 5.03. The van der Waals surface area contributed by atoms with Crippen molar-refractivity contribution in [2.24, 2.45) is 5.92 Å². The number of H-pyrrole nitrogens is 1. The maximum absolute atomic E-state index is 12.9. The molecule has 0 saturated carbocycles. The van der Waals surface area contributed by atoms with Gasteiger partial charge in [0.2, 0.25) is 11.8 Å². The quantitative estimate of drug-likeness (QED) is 0.814. The molecule has 2 aromatic rings. The van der Waals surface area contributed by atoms with Gasteiger partial charge in [0.25, 0.3) is 5.56 Å². The first-order valence-electron chi connectivity index (χ1n) is 10.1. The Kier molecular flexibility index (Phi) is 5.62. The van der Waals surface area contributed by atoms with Gasteiger partial charge in [0.05, 0.1) is 23.4 Å². The molecule has 2 aromatic heterocycles. The highest BCUT2D eigenvalue weighted by molar-refractivity contribution is 5.89. The molecule has 4 rings (SSSR count). The summed E-state index contributed by atoms with van der Waals surface area (Å²) in [4.78, 5) is 48.2. The van der Waals surface area contributed by atoms with Crippen molar-refractivity contribution in [3.63, 3.8) is 0 Å². The van der Waals surface area contributed by atoms with E-state index in [9.17, 15) is 14.4 Å². The van der Waals surface area contributed by atoms with Crippen LogP contribution in [0.2, 0.25) is 0 Å². The van der Waals surface area contributed by atoms with Crippen molar-refractivity contribution in [3.05, 3.63) is 40.4 Å². The first-order valence-corrected chi connectivity index (χ1v) is 10.1. The minimum Gasteiger partial charge on any atom is -0.383 e. The van der Waals surface area contributed by atoms with Gasteiger partial charge in [-0.25, -0.2) is 0 Å². The molecule has 29 heavy (non-hydrogen) atoms. The van der Waals surface area contributed by atoms with Gasteiger partial charge < -0.3 is 19.5 Å². The molecule has 1 unspecified atom stereocenters. The fourth-order valence-electron chi connectivity index (χ4n) is 4.35. The zero-order valence-corrected chi connectivity index (χ0v) is 16.6. The van der Waals surface area contributed by atoms with Crippen LogP contribution in [0.15, 0.2) is 29.2 Å². The number of nitrogens with one attached hydrogen (secondary N) is 1. The van der Waals surface area contributed by atoms with Crippen LogP contribution in [0.4, 0.5) is 0 Å². The third-order valence-electron chi connectivity index (χ3n) is 6.01. The number of rotatable bonds is 5. The Morgan fingerprint density at radius 1 is 1.31 bits per heavy atom. The van der Waals surface area contributed by atoms with Crippen molar-refractivity contribution < 1.29 is 14.3 Å². The van der Waals surface area contributed by atoms with Gasteiger partial charge in [-0.05, 0) is 31.0 Å². The molecule has 0 bridgehead atoms. The Balaban J connectivity index is 1.38. The molecule has 8 nitrogen and oxygen atoms in total. The highest BCUT2D eigenvalue weighted by Crippen LogP contribution is 2.29. The predicted molar refractivity (Wildman–Crippen MR) is 107 cm³/mol. The third kappa shape index (κ3) is 4.03. The number of aromatic nitrogens is 2. The Morgan fingerprint density at radius 3 is 2.86 bits per heavy atom. The van der Waals surface area contributed by atoms with Crippen molar-refractivity contribution in [3.8, 4) is 0 Å². The van der Waals surface area contributed by atoms with Crippen LogP contribution in [0.5, 0.6) is 0 Å². The monoisotopic (exact) mass is 398 g/mol. The summed E-state index contributed by atoms with van der Waals surface area (Å²) >= 11 is 0. The Hall–Kier alpha value is -2.74. The second-order valence-electron chi connectivity index (χ2n) is 7.82. The van der Waals surface area contributed by atoms with E-state index in [2.05, 4.69) is 9.97 Å². The van der Waals surface area contributed by atoms with E-state index in [1.165, 1.54) is 0 Å². The average molecular weight is 398 g/mol. The normalized spacial score (nSPS) is 20.6. The summed E-state index contributed by atoms with van der Waals surface area (Å²) in [7, 11) is 1.60. The maximum atomic E-state index is 12.9. The number of aromatic amines is 1. The fourth-order valence-corrected chi connectivity index (χ4v) is 4.35. The van der Waals surface area contributed by atoms with E-state index in [1.54, 1.807) is 30.3 Å². The molecule has 0 aromatic carbocycles. The number of methoxy groups -OCH3 is 1. The summed E-state index contributed by atoms with van der Waals surface area (Å²) in [6.07, 6.45) is 3.54. The van der Waals surface area contributed by atoms with Crippen molar-refractivity contribution in [2.75, 3.05) is 39.9 Å². The number of likely N-dealkylation sites (tertiary alicyclic amines) is 2. The van der Waals surface area contributed by atoms with Crippen LogP contribution in [-0.2, 0) is 14.3 Å². The number of carbonyl (C=O) groups is 2. The maximum Gasteiger partial charge on any atom is 0.257 e. The number of ether oxygens (including phenoxy) is 1. The fraction of sp³-hybridized carbons (Fsp3) is 0.524. The molecular weight excluding hydrogens is 372 g/mol. The molecule has 1 N–H and O–H groups in total. The summed E-state index contributed by atoms with van der Waals surface area (Å²) in [6.45, 7) is 2.76. The van der Waals surface area contributed by atoms with E-state index in [-0.39, 0.29) is 35.6 Å². The lowest BCUT2D eigenvalue weighted by Crippen LogP contribution is -2.42. The van der Waals surface area contributed by atoms with E-state index in [4.69, 9.17) is 4.74 Å². The lowest BCUT2D eigenvalue weighted by molar-refractivity contribution is -0.136. The number of hydrogen-bond acceptors (Lipinski definition) is 5. The van der Waals surface area contributed by atoms with Gasteiger partial charge in [-0.1, -0.05) is 0 Å². The summed E-state index contributed by atoms with van der Waals surface area (Å²) in [5, 5.41) is 0.591. The Morgan fingerprint density at radius 2 is 2.10 bits per heavy atom. The first-order chi connectivity index (χ1) is 14.1. The predicted octanol–water partition coefficient (Wildman–Crippen LogP) is 1.12. The second-order valence-corrected chi connectivity index (χ2v) is 7.82. The van der Waals surface area contributed by atoms with Gasteiger partial charge in [0.1, 0.15) is 0 Å². The zero-order chi connectivity index (χ0) is 20.4. The van der Waals surface area contributed by atoms with Crippen molar-refractivity contribution in [1.82, 2.24) is 19.8 Å². The van der Waals surface area contributed by atoms with Gasteiger partial charge >= 0.3 is 0 Å². The van der Waals surface area contributed by atoms with E-state index in [0.29, 0.717) is 43.7 Å². The van der Waals surface area contributed by atoms with Crippen LogP contribution < -0.4 is 5.56 Å². The molecule has 2 aliphatic heterocycles. The van der Waals surface area contributed by atoms with Crippen LogP contribution in [0.25, 0.3) is 10.9 Å². The van der Waals surface area contributed by atoms with Gasteiger partial charge in [0.15, 0.2) is 0 Å². The lowest BCUT2D eigenvalue weighted by Gasteiger charge is -2.33. The number of fused-ring (bicyclic) bond motifs is 1. The van der Waals surface area contributed by atoms with Gasteiger partial charge in [-0.15, -0.1) is 0 Å². The SMILES string of the molecule is COCCN1CC(C(=O)N2CCC(c3cc4ncccc4c(=O)[nH]3)CC2)CC1=O. The van der Waals surface area contributed by atoms with E-state index >= 15 is 0 Å². The molecule has 1 atom stereocenters. The van der Waals surface area contributed by atoms with Crippen LogP contribution in [0, 0.1) is 5.92 Å². The number of carbonyl (C=O) groups excluding carboxylic acids is 2. The lowest BCUT2D eigenvalue weighted by atomic mass is 9.91. The molecule has 2 aliphatic rings. The number of nitrogens with zero attached hydrogens (tertiary/aromatic N) is 3. The molecule has 4 heterocycles. The van der Waals surface area contributed by atoms with Crippen LogP contribution in [0.1, 0.15) is 30.9 Å². The molecular formula is C21H26N4O4. The minimum atomic E-state index is -0.263. The molecule has 0 aliphatic carbocycles. The molecule has 0 radical (unpaired) electrons. The summed E-state index contributed by atoms with van der Waals surface area (Å²) in [5.74, 6) is 0.0177. The largest absolute Gasteiger partial charge is 0.383 e. The number of piperidine rings is 1. The van der Waals surface area contributed by atoms with Crippen LogP contribution in [0.3, 0.4) is 0 Å².